The second kappa shape index (κ2) is 4.67. The molecule has 1 aromatic carbocycles. The molecule has 82 valence electrons. The summed E-state index contributed by atoms with van der Waals surface area (Å²) in [6.45, 7) is 0. The highest BCUT2D eigenvalue weighted by molar-refractivity contribution is 9.10. The van der Waals surface area contributed by atoms with Gasteiger partial charge in [0.05, 0.1) is 5.00 Å². The topological polar surface area (TPSA) is 55.1 Å². The SMILES string of the molecule is Nc1cccc(C(=O)Nc2cc(Br)cs2)c1. The number of amides is 1. The minimum atomic E-state index is -0.151. The molecular formula is C11H9BrN2OS. The fourth-order valence-corrected chi connectivity index (χ4v) is 2.56. The monoisotopic (exact) mass is 296 g/mol. The molecule has 0 aliphatic heterocycles. The van der Waals surface area contributed by atoms with Crippen LogP contribution in [0.2, 0.25) is 0 Å². The van der Waals surface area contributed by atoms with E-state index in [2.05, 4.69) is 21.2 Å². The average molecular weight is 297 g/mol. The molecule has 0 aliphatic carbocycles. The third-order valence-corrected chi connectivity index (χ3v) is 3.56. The van der Waals surface area contributed by atoms with Crippen molar-refractivity contribution in [2.45, 2.75) is 0 Å². The van der Waals surface area contributed by atoms with Crippen LogP contribution in [0, 0.1) is 0 Å². The van der Waals surface area contributed by atoms with E-state index in [4.69, 9.17) is 5.73 Å². The van der Waals surface area contributed by atoms with Crippen LogP contribution in [-0.2, 0) is 0 Å². The van der Waals surface area contributed by atoms with Crippen molar-refractivity contribution in [3.8, 4) is 0 Å². The lowest BCUT2D eigenvalue weighted by atomic mass is 10.2. The second-order valence-electron chi connectivity index (χ2n) is 3.21. The number of rotatable bonds is 2. The summed E-state index contributed by atoms with van der Waals surface area (Å²) < 4.78 is 0.959. The van der Waals surface area contributed by atoms with Gasteiger partial charge in [0.15, 0.2) is 0 Å². The van der Waals surface area contributed by atoms with E-state index in [9.17, 15) is 4.79 Å². The second-order valence-corrected chi connectivity index (χ2v) is 5.04. The van der Waals surface area contributed by atoms with Crippen molar-refractivity contribution in [1.82, 2.24) is 0 Å². The molecular weight excluding hydrogens is 288 g/mol. The normalized spacial score (nSPS) is 10.1. The molecule has 3 N–H and O–H groups in total. The van der Waals surface area contributed by atoms with Crippen LogP contribution >= 0.6 is 27.3 Å². The predicted molar refractivity (Wildman–Crippen MR) is 70.8 cm³/mol. The lowest BCUT2D eigenvalue weighted by molar-refractivity contribution is 0.102. The molecule has 0 radical (unpaired) electrons. The van der Waals surface area contributed by atoms with Crippen molar-refractivity contribution in [2.24, 2.45) is 0 Å². The van der Waals surface area contributed by atoms with Gasteiger partial charge in [0, 0.05) is 21.1 Å². The minimum Gasteiger partial charge on any atom is -0.399 e. The number of nitrogens with two attached hydrogens (primary N) is 1. The van der Waals surface area contributed by atoms with Crippen LogP contribution in [0.15, 0.2) is 40.2 Å². The van der Waals surface area contributed by atoms with Crippen molar-refractivity contribution >= 4 is 43.9 Å². The molecule has 5 heteroatoms. The molecule has 2 rings (SSSR count). The summed E-state index contributed by atoms with van der Waals surface area (Å²) in [7, 11) is 0. The Morgan fingerprint density at radius 2 is 2.19 bits per heavy atom. The number of benzene rings is 1. The molecule has 3 nitrogen and oxygen atoms in total. The maximum Gasteiger partial charge on any atom is 0.256 e. The fourth-order valence-electron chi connectivity index (χ4n) is 1.24. The number of nitrogen functional groups attached to an aromatic ring is 1. The van der Waals surface area contributed by atoms with Gasteiger partial charge in [-0.15, -0.1) is 11.3 Å². The average Bonchev–Trinajstić information content (AvgIpc) is 2.64. The maximum absolute atomic E-state index is 11.8. The van der Waals surface area contributed by atoms with Crippen LogP contribution in [-0.4, -0.2) is 5.91 Å². The summed E-state index contributed by atoms with van der Waals surface area (Å²) in [5.41, 5.74) is 6.75. The molecule has 0 bridgehead atoms. The first-order chi connectivity index (χ1) is 7.65. The van der Waals surface area contributed by atoms with E-state index in [0.29, 0.717) is 11.3 Å². The van der Waals surface area contributed by atoms with Crippen LogP contribution in [0.5, 0.6) is 0 Å². The van der Waals surface area contributed by atoms with Gasteiger partial charge in [-0.3, -0.25) is 4.79 Å². The summed E-state index contributed by atoms with van der Waals surface area (Å²) in [6, 6.07) is 8.74. The van der Waals surface area contributed by atoms with E-state index < -0.39 is 0 Å². The Labute approximate surface area is 105 Å². The Kier molecular flexibility index (Phi) is 3.26. The molecule has 0 unspecified atom stereocenters. The molecule has 1 amide bonds. The Morgan fingerprint density at radius 1 is 1.38 bits per heavy atom. The quantitative estimate of drug-likeness (QED) is 0.835. The minimum absolute atomic E-state index is 0.151. The maximum atomic E-state index is 11.8. The van der Waals surface area contributed by atoms with E-state index in [0.717, 1.165) is 9.47 Å². The van der Waals surface area contributed by atoms with Gasteiger partial charge in [0.25, 0.3) is 5.91 Å². The number of anilines is 2. The highest BCUT2D eigenvalue weighted by atomic mass is 79.9. The summed E-state index contributed by atoms with van der Waals surface area (Å²) in [4.78, 5) is 11.8. The van der Waals surface area contributed by atoms with Gasteiger partial charge in [0.1, 0.15) is 0 Å². The number of carbonyl (C=O) groups is 1. The highest BCUT2D eigenvalue weighted by Crippen LogP contribution is 2.24. The van der Waals surface area contributed by atoms with Crippen LogP contribution < -0.4 is 11.1 Å². The zero-order valence-electron chi connectivity index (χ0n) is 8.24. The standard InChI is InChI=1S/C11H9BrN2OS/c12-8-5-10(16-6-8)14-11(15)7-2-1-3-9(13)4-7/h1-6H,13H2,(H,14,15). The lowest BCUT2D eigenvalue weighted by Gasteiger charge is -2.02. The first kappa shape index (κ1) is 11.2. The van der Waals surface area contributed by atoms with Crippen LogP contribution in [0.3, 0.4) is 0 Å². The van der Waals surface area contributed by atoms with Crippen molar-refractivity contribution in [3.63, 3.8) is 0 Å². The molecule has 1 aromatic heterocycles. The van der Waals surface area contributed by atoms with E-state index in [1.54, 1.807) is 24.3 Å². The Balaban J connectivity index is 2.14. The summed E-state index contributed by atoms with van der Waals surface area (Å²) in [6.07, 6.45) is 0. The highest BCUT2D eigenvalue weighted by Gasteiger charge is 2.07. The van der Waals surface area contributed by atoms with Gasteiger partial charge in [-0.2, -0.15) is 0 Å². The molecule has 1 heterocycles. The van der Waals surface area contributed by atoms with Crippen LogP contribution in [0.4, 0.5) is 10.7 Å². The first-order valence-corrected chi connectivity index (χ1v) is 6.23. The van der Waals surface area contributed by atoms with Gasteiger partial charge < -0.3 is 11.1 Å². The molecule has 0 atom stereocenters. The van der Waals surface area contributed by atoms with E-state index in [1.807, 2.05) is 11.4 Å². The molecule has 16 heavy (non-hydrogen) atoms. The van der Waals surface area contributed by atoms with Gasteiger partial charge in [-0.1, -0.05) is 6.07 Å². The molecule has 0 saturated heterocycles. The molecule has 0 aliphatic rings. The third-order valence-electron chi connectivity index (χ3n) is 1.95. The van der Waals surface area contributed by atoms with E-state index >= 15 is 0 Å². The van der Waals surface area contributed by atoms with Gasteiger partial charge in [0.2, 0.25) is 0 Å². The summed E-state index contributed by atoms with van der Waals surface area (Å²) in [5, 5.41) is 5.52. The van der Waals surface area contributed by atoms with E-state index in [1.165, 1.54) is 11.3 Å². The zero-order valence-corrected chi connectivity index (χ0v) is 10.6. The predicted octanol–water partition coefficient (Wildman–Crippen LogP) is 3.35. The molecule has 0 spiro atoms. The Morgan fingerprint density at radius 3 is 2.81 bits per heavy atom. The summed E-state index contributed by atoms with van der Waals surface area (Å²) in [5.74, 6) is -0.151. The van der Waals surface area contributed by atoms with E-state index in [-0.39, 0.29) is 5.91 Å². The van der Waals surface area contributed by atoms with Crippen molar-refractivity contribution in [1.29, 1.82) is 0 Å². The number of carbonyl (C=O) groups excluding carboxylic acids is 1. The number of hydrogen-bond donors (Lipinski definition) is 2. The smallest absolute Gasteiger partial charge is 0.256 e. The van der Waals surface area contributed by atoms with Gasteiger partial charge in [-0.25, -0.2) is 0 Å². The van der Waals surface area contributed by atoms with Gasteiger partial charge in [-0.05, 0) is 40.2 Å². The number of thiophene rings is 1. The molecule has 0 saturated carbocycles. The van der Waals surface area contributed by atoms with Crippen molar-refractivity contribution in [2.75, 3.05) is 11.1 Å². The van der Waals surface area contributed by atoms with Crippen LogP contribution in [0.25, 0.3) is 0 Å². The lowest BCUT2D eigenvalue weighted by Crippen LogP contribution is -2.10. The summed E-state index contributed by atoms with van der Waals surface area (Å²) >= 11 is 4.80. The zero-order chi connectivity index (χ0) is 11.5. The number of nitrogens with one attached hydrogen (secondary N) is 1. The molecule has 0 fully saturated rings. The number of hydrogen-bond acceptors (Lipinski definition) is 3. The largest absolute Gasteiger partial charge is 0.399 e. The van der Waals surface area contributed by atoms with Gasteiger partial charge >= 0.3 is 0 Å². The fraction of sp³-hybridized carbons (Fsp3) is 0. The van der Waals surface area contributed by atoms with Crippen molar-refractivity contribution < 1.29 is 4.79 Å². The van der Waals surface area contributed by atoms with Crippen molar-refractivity contribution in [3.05, 3.63) is 45.7 Å². The number of halogens is 1. The molecule has 2 aromatic rings. The first-order valence-electron chi connectivity index (χ1n) is 4.56. The third kappa shape index (κ3) is 2.62. The Hall–Kier alpha value is -1.33. The Bertz CT molecular complexity index is 524. The van der Waals surface area contributed by atoms with Crippen LogP contribution in [0.1, 0.15) is 10.4 Å².